The van der Waals surface area contributed by atoms with Crippen molar-refractivity contribution in [3.63, 3.8) is 0 Å². The van der Waals surface area contributed by atoms with Crippen molar-refractivity contribution < 1.29 is 14.5 Å². The zero-order chi connectivity index (χ0) is 21.6. The third kappa shape index (κ3) is 5.79. The highest BCUT2D eigenvalue weighted by atomic mass is 16.6. The number of carbonyl (C=O) groups excluding carboxylic acids is 1. The lowest BCUT2D eigenvalue weighted by molar-refractivity contribution is -0.384. The minimum atomic E-state index is -0.724. The highest BCUT2D eigenvalue weighted by molar-refractivity contribution is 5.98. The molecule has 0 atom stereocenters. The van der Waals surface area contributed by atoms with Crippen LogP contribution in [0, 0.1) is 41.2 Å². The van der Waals surface area contributed by atoms with Crippen LogP contribution in [0.25, 0.3) is 6.08 Å². The molecule has 29 heavy (non-hydrogen) atoms. The van der Waals surface area contributed by atoms with Crippen LogP contribution in [0.1, 0.15) is 42.8 Å². The van der Waals surface area contributed by atoms with Gasteiger partial charge in [0.15, 0.2) is 0 Å². The van der Waals surface area contributed by atoms with E-state index in [0.717, 1.165) is 29.9 Å². The molecule has 0 aliphatic carbocycles. The van der Waals surface area contributed by atoms with E-state index in [0.29, 0.717) is 11.5 Å². The first-order chi connectivity index (χ1) is 13.7. The molecule has 1 aromatic carbocycles. The number of nitro benzene ring substituents is 1. The first-order valence-electron chi connectivity index (χ1n) is 9.42. The highest BCUT2D eigenvalue weighted by Crippen LogP contribution is 2.20. The maximum Gasteiger partial charge on any atom is 0.349 e. The SMILES string of the molecule is Cc1cc(/C=C(\C#N)C(=O)OCc2ccc([N+](=O)[O-])cc2)c(C)n1CCC(C)C. The Morgan fingerprint density at radius 3 is 2.52 bits per heavy atom. The molecule has 0 radical (unpaired) electrons. The lowest BCUT2D eigenvalue weighted by Crippen LogP contribution is -2.07. The van der Waals surface area contributed by atoms with Crippen LogP contribution in [0.15, 0.2) is 35.9 Å². The highest BCUT2D eigenvalue weighted by Gasteiger charge is 2.15. The van der Waals surface area contributed by atoms with Gasteiger partial charge in [0.1, 0.15) is 18.2 Å². The van der Waals surface area contributed by atoms with Gasteiger partial charge in [-0.05, 0) is 61.6 Å². The number of rotatable bonds is 8. The normalized spacial score (nSPS) is 11.4. The number of aryl methyl sites for hydroxylation is 1. The Labute approximate surface area is 170 Å². The number of esters is 1. The zero-order valence-electron chi connectivity index (χ0n) is 17.1. The van der Waals surface area contributed by atoms with Crippen molar-refractivity contribution in [1.82, 2.24) is 4.57 Å². The zero-order valence-corrected chi connectivity index (χ0v) is 17.1. The number of non-ortho nitro benzene ring substituents is 1. The van der Waals surface area contributed by atoms with Crippen LogP contribution in [-0.2, 0) is 22.7 Å². The fraction of sp³-hybridized carbons (Fsp3) is 0.364. The van der Waals surface area contributed by atoms with Gasteiger partial charge in [-0.1, -0.05) is 13.8 Å². The van der Waals surface area contributed by atoms with Crippen molar-refractivity contribution in [3.8, 4) is 6.07 Å². The molecule has 0 amide bonds. The Morgan fingerprint density at radius 1 is 1.31 bits per heavy atom. The van der Waals surface area contributed by atoms with Gasteiger partial charge in [0, 0.05) is 30.1 Å². The number of nitrogens with zero attached hydrogens (tertiary/aromatic N) is 3. The molecule has 0 bridgehead atoms. The van der Waals surface area contributed by atoms with Crippen molar-refractivity contribution >= 4 is 17.7 Å². The maximum atomic E-state index is 12.3. The maximum absolute atomic E-state index is 12.3. The molecular formula is C22H25N3O4. The number of nitriles is 1. The van der Waals surface area contributed by atoms with Crippen LogP contribution in [-0.4, -0.2) is 15.5 Å². The molecule has 7 heteroatoms. The summed E-state index contributed by atoms with van der Waals surface area (Å²) >= 11 is 0. The number of carbonyl (C=O) groups is 1. The number of aromatic nitrogens is 1. The summed E-state index contributed by atoms with van der Waals surface area (Å²) in [4.78, 5) is 22.5. The number of hydrogen-bond donors (Lipinski definition) is 0. The van der Waals surface area contributed by atoms with E-state index in [-0.39, 0.29) is 17.9 Å². The molecule has 7 nitrogen and oxygen atoms in total. The van der Waals surface area contributed by atoms with E-state index < -0.39 is 10.9 Å². The molecule has 0 spiro atoms. The Kier molecular flexibility index (Phi) is 7.32. The molecule has 1 aromatic heterocycles. The summed E-state index contributed by atoms with van der Waals surface area (Å²) in [7, 11) is 0. The van der Waals surface area contributed by atoms with Crippen molar-refractivity contribution in [2.75, 3.05) is 0 Å². The molecule has 1 heterocycles. The van der Waals surface area contributed by atoms with Gasteiger partial charge in [-0.25, -0.2) is 4.79 Å². The lowest BCUT2D eigenvalue weighted by Gasteiger charge is -2.11. The number of benzene rings is 1. The Balaban J connectivity index is 2.11. The molecular weight excluding hydrogens is 370 g/mol. The minimum absolute atomic E-state index is 0.0366. The quantitative estimate of drug-likeness (QED) is 0.212. The third-order valence-electron chi connectivity index (χ3n) is 4.70. The summed E-state index contributed by atoms with van der Waals surface area (Å²) in [5, 5.41) is 20.1. The summed E-state index contributed by atoms with van der Waals surface area (Å²) in [5.74, 6) is -0.142. The molecule has 0 saturated carbocycles. The van der Waals surface area contributed by atoms with E-state index >= 15 is 0 Å². The van der Waals surface area contributed by atoms with E-state index in [9.17, 15) is 20.2 Å². The molecule has 0 aliphatic heterocycles. The Hall–Kier alpha value is -3.40. The predicted molar refractivity (Wildman–Crippen MR) is 110 cm³/mol. The average Bonchev–Trinajstić information content (AvgIpc) is 2.95. The summed E-state index contributed by atoms with van der Waals surface area (Å²) in [6.07, 6.45) is 2.59. The molecule has 0 unspecified atom stereocenters. The van der Waals surface area contributed by atoms with Crippen molar-refractivity contribution in [3.05, 3.63) is 68.5 Å². The van der Waals surface area contributed by atoms with E-state index in [1.165, 1.54) is 24.3 Å². The summed E-state index contributed by atoms with van der Waals surface area (Å²) < 4.78 is 7.39. The van der Waals surface area contributed by atoms with E-state index in [2.05, 4.69) is 18.4 Å². The van der Waals surface area contributed by atoms with Crippen LogP contribution in [0.4, 0.5) is 5.69 Å². The van der Waals surface area contributed by atoms with Crippen molar-refractivity contribution in [2.45, 2.75) is 47.3 Å². The fourth-order valence-electron chi connectivity index (χ4n) is 2.94. The molecule has 2 aromatic rings. The average molecular weight is 395 g/mol. The number of ether oxygens (including phenoxy) is 1. The van der Waals surface area contributed by atoms with E-state index in [1.54, 1.807) is 6.08 Å². The molecule has 0 fully saturated rings. The third-order valence-corrected chi connectivity index (χ3v) is 4.70. The summed E-state index contributed by atoms with van der Waals surface area (Å²) in [6.45, 7) is 9.13. The standard InChI is InChI=1S/C22H25N3O4/c1-15(2)9-10-24-16(3)11-19(17(24)4)12-20(13-23)22(26)29-14-18-5-7-21(8-6-18)25(27)28/h5-8,11-12,15H,9-10,14H2,1-4H3/b20-12+. The van der Waals surface area contributed by atoms with Gasteiger partial charge in [-0.15, -0.1) is 0 Å². The molecule has 152 valence electrons. The first kappa shape index (κ1) is 21.9. The van der Waals surface area contributed by atoms with E-state index in [1.807, 2.05) is 26.0 Å². The summed E-state index contributed by atoms with van der Waals surface area (Å²) in [5.41, 5.74) is 3.37. The van der Waals surface area contributed by atoms with Crippen LogP contribution >= 0.6 is 0 Å². The largest absolute Gasteiger partial charge is 0.457 e. The monoisotopic (exact) mass is 395 g/mol. The van der Waals surface area contributed by atoms with Crippen LogP contribution in [0.2, 0.25) is 0 Å². The van der Waals surface area contributed by atoms with Crippen LogP contribution in [0.5, 0.6) is 0 Å². The van der Waals surface area contributed by atoms with Gasteiger partial charge in [-0.2, -0.15) is 5.26 Å². The van der Waals surface area contributed by atoms with Crippen LogP contribution in [0.3, 0.4) is 0 Å². The lowest BCUT2D eigenvalue weighted by atomic mass is 10.1. The smallest absolute Gasteiger partial charge is 0.349 e. The second kappa shape index (κ2) is 9.69. The Bertz CT molecular complexity index is 963. The van der Waals surface area contributed by atoms with Crippen LogP contribution < -0.4 is 0 Å². The van der Waals surface area contributed by atoms with Gasteiger partial charge in [0.05, 0.1) is 4.92 Å². The predicted octanol–water partition coefficient (Wildman–Crippen LogP) is 4.71. The molecule has 0 saturated heterocycles. The first-order valence-corrected chi connectivity index (χ1v) is 9.42. The van der Waals surface area contributed by atoms with Gasteiger partial charge >= 0.3 is 5.97 Å². The number of nitro groups is 1. The van der Waals surface area contributed by atoms with Gasteiger partial charge in [-0.3, -0.25) is 10.1 Å². The van der Waals surface area contributed by atoms with E-state index in [4.69, 9.17) is 4.74 Å². The topological polar surface area (TPSA) is 98.2 Å². The summed E-state index contributed by atoms with van der Waals surface area (Å²) in [6, 6.07) is 9.58. The van der Waals surface area contributed by atoms with Crippen molar-refractivity contribution in [1.29, 1.82) is 5.26 Å². The Morgan fingerprint density at radius 2 is 1.97 bits per heavy atom. The minimum Gasteiger partial charge on any atom is -0.457 e. The molecule has 0 N–H and O–H groups in total. The van der Waals surface area contributed by atoms with Crippen molar-refractivity contribution in [2.24, 2.45) is 5.92 Å². The van der Waals surface area contributed by atoms with Gasteiger partial charge in [0.2, 0.25) is 0 Å². The fourth-order valence-corrected chi connectivity index (χ4v) is 2.94. The van der Waals surface area contributed by atoms with Gasteiger partial charge < -0.3 is 9.30 Å². The number of hydrogen-bond acceptors (Lipinski definition) is 5. The molecule has 2 rings (SSSR count). The second-order valence-corrected chi connectivity index (χ2v) is 7.33. The molecule has 0 aliphatic rings. The van der Waals surface area contributed by atoms with Gasteiger partial charge in [0.25, 0.3) is 5.69 Å². The second-order valence-electron chi connectivity index (χ2n) is 7.33.